The number of nitrogens with two attached hydrogens (primary N) is 1. The van der Waals surface area contributed by atoms with Crippen molar-refractivity contribution in [1.82, 2.24) is 19.9 Å². The van der Waals surface area contributed by atoms with Crippen molar-refractivity contribution in [3.8, 4) is 0 Å². The summed E-state index contributed by atoms with van der Waals surface area (Å²) in [6.45, 7) is 1.98. The molecule has 1 aromatic carbocycles. The number of likely N-dealkylation sites (tertiary alicyclic amines) is 1. The quantitative estimate of drug-likeness (QED) is 0.900. The van der Waals surface area contributed by atoms with Gasteiger partial charge in [0.2, 0.25) is 5.91 Å². The zero-order valence-corrected chi connectivity index (χ0v) is 12.5. The van der Waals surface area contributed by atoms with Gasteiger partial charge in [0.05, 0.1) is 12.7 Å². The van der Waals surface area contributed by atoms with E-state index in [0.29, 0.717) is 12.5 Å². The van der Waals surface area contributed by atoms with E-state index in [-0.39, 0.29) is 11.9 Å². The average Bonchev–Trinajstić information content (AvgIpc) is 3.01. The molecule has 0 unspecified atom stereocenters. The standard InChI is InChI=1S/C16H21N5O/c17-16(22)12-20-10-13(11-21-9-8-18-19-21)6-7-15(20)14-4-2-1-3-5-14/h1-5,8-9,13,15H,6-7,10-12H2,(H2,17,22)/t13-,15-/m0/s1. The first kappa shape index (κ1) is 14.7. The van der Waals surface area contributed by atoms with Crippen LogP contribution in [0, 0.1) is 5.92 Å². The summed E-state index contributed by atoms with van der Waals surface area (Å²) in [4.78, 5) is 13.6. The number of rotatable bonds is 5. The molecule has 1 saturated heterocycles. The molecule has 2 aromatic rings. The second-order valence-electron chi connectivity index (χ2n) is 5.89. The molecule has 0 saturated carbocycles. The highest BCUT2D eigenvalue weighted by Crippen LogP contribution is 2.33. The molecule has 6 nitrogen and oxygen atoms in total. The molecule has 0 bridgehead atoms. The number of hydrogen-bond acceptors (Lipinski definition) is 4. The maximum Gasteiger partial charge on any atom is 0.231 e. The number of primary amides is 1. The van der Waals surface area contributed by atoms with Crippen molar-refractivity contribution in [2.24, 2.45) is 11.7 Å². The van der Waals surface area contributed by atoms with Gasteiger partial charge in [0.25, 0.3) is 0 Å². The molecule has 1 aromatic heterocycles. The number of carbonyl (C=O) groups excluding carboxylic acids is 1. The number of carbonyl (C=O) groups is 1. The lowest BCUT2D eigenvalue weighted by Crippen LogP contribution is -2.43. The van der Waals surface area contributed by atoms with Crippen LogP contribution in [0.1, 0.15) is 24.4 Å². The van der Waals surface area contributed by atoms with Crippen LogP contribution in [-0.4, -0.2) is 38.9 Å². The third-order valence-corrected chi connectivity index (χ3v) is 4.24. The molecule has 22 heavy (non-hydrogen) atoms. The van der Waals surface area contributed by atoms with E-state index in [2.05, 4.69) is 27.3 Å². The van der Waals surface area contributed by atoms with Crippen LogP contribution in [0.15, 0.2) is 42.7 Å². The molecular weight excluding hydrogens is 278 g/mol. The SMILES string of the molecule is NC(=O)CN1C[C@@H](Cn2ccnn2)CC[C@H]1c1ccccc1. The average molecular weight is 299 g/mol. The van der Waals surface area contributed by atoms with Crippen molar-refractivity contribution in [1.29, 1.82) is 0 Å². The summed E-state index contributed by atoms with van der Waals surface area (Å²) < 4.78 is 1.86. The molecule has 2 N–H and O–H groups in total. The van der Waals surface area contributed by atoms with E-state index in [1.54, 1.807) is 6.20 Å². The number of benzene rings is 1. The molecule has 1 aliphatic rings. The first-order valence-electron chi connectivity index (χ1n) is 7.64. The first-order valence-corrected chi connectivity index (χ1v) is 7.64. The van der Waals surface area contributed by atoms with Gasteiger partial charge in [0.15, 0.2) is 0 Å². The van der Waals surface area contributed by atoms with Crippen molar-refractivity contribution in [3.05, 3.63) is 48.3 Å². The number of hydrogen-bond donors (Lipinski definition) is 1. The normalized spacial score (nSPS) is 22.5. The molecule has 116 valence electrons. The molecule has 0 spiro atoms. The smallest absolute Gasteiger partial charge is 0.231 e. The molecule has 0 radical (unpaired) electrons. The lowest BCUT2D eigenvalue weighted by molar-refractivity contribution is -0.120. The number of piperidine rings is 1. The Kier molecular flexibility index (Phi) is 4.48. The van der Waals surface area contributed by atoms with E-state index in [1.165, 1.54) is 5.56 Å². The maximum absolute atomic E-state index is 11.4. The van der Waals surface area contributed by atoms with Crippen molar-refractivity contribution in [3.63, 3.8) is 0 Å². The van der Waals surface area contributed by atoms with Gasteiger partial charge in [-0.05, 0) is 24.3 Å². The monoisotopic (exact) mass is 299 g/mol. The molecule has 0 aliphatic carbocycles. The third-order valence-electron chi connectivity index (χ3n) is 4.24. The predicted molar refractivity (Wildman–Crippen MR) is 82.7 cm³/mol. The lowest BCUT2D eigenvalue weighted by Gasteiger charge is -2.39. The summed E-state index contributed by atoms with van der Waals surface area (Å²) in [5.74, 6) is 0.184. The molecule has 6 heteroatoms. The zero-order chi connectivity index (χ0) is 15.4. The van der Waals surface area contributed by atoms with Gasteiger partial charge in [0, 0.05) is 25.3 Å². The van der Waals surface area contributed by atoms with E-state index >= 15 is 0 Å². The molecule has 1 amide bonds. The van der Waals surface area contributed by atoms with Crippen LogP contribution in [0.25, 0.3) is 0 Å². The van der Waals surface area contributed by atoms with Gasteiger partial charge in [-0.15, -0.1) is 5.10 Å². The lowest BCUT2D eigenvalue weighted by atomic mass is 9.89. The zero-order valence-electron chi connectivity index (χ0n) is 12.5. The van der Waals surface area contributed by atoms with Crippen molar-refractivity contribution < 1.29 is 4.79 Å². The van der Waals surface area contributed by atoms with E-state index in [4.69, 9.17) is 5.73 Å². The van der Waals surface area contributed by atoms with Gasteiger partial charge in [-0.1, -0.05) is 35.5 Å². The fourth-order valence-corrected chi connectivity index (χ4v) is 3.30. The maximum atomic E-state index is 11.4. The Morgan fingerprint density at radius 1 is 1.27 bits per heavy atom. The molecular formula is C16H21N5O. The van der Waals surface area contributed by atoms with Crippen LogP contribution in [-0.2, 0) is 11.3 Å². The molecule has 2 atom stereocenters. The largest absolute Gasteiger partial charge is 0.369 e. The van der Waals surface area contributed by atoms with Gasteiger partial charge in [-0.2, -0.15) is 0 Å². The van der Waals surface area contributed by atoms with Gasteiger partial charge >= 0.3 is 0 Å². The first-order chi connectivity index (χ1) is 10.7. The topological polar surface area (TPSA) is 77.0 Å². The van der Waals surface area contributed by atoms with Gasteiger partial charge < -0.3 is 5.73 Å². The summed E-state index contributed by atoms with van der Waals surface area (Å²) in [5, 5.41) is 7.87. The Bertz CT molecular complexity index is 598. The molecule has 3 rings (SSSR count). The summed E-state index contributed by atoms with van der Waals surface area (Å²) in [7, 11) is 0. The molecule has 2 heterocycles. The molecule has 1 aliphatic heterocycles. The summed E-state index contributed by atoms with van der Waals surface area (Å²) in [6.07, 6.45) is 5.70. The molecule has 1 fully saturated rings. The number of amides is 1. The second-order valence-corrected chi connectivity index (χ2v) is 5.89. The van der Waals surface area contributed by atoms with Crippen molar-refractivity contribution >= 4 is 5.91 Å². The van der Waals surface area contributed by atoms with Crippen LogP contribution >= 0.6 is 0 Å². The Balaban J connectivity index is 1.72. The third kappa shape index (κ3) is 3.51. The van der Waals surface area contributed by atoms with Gasteiger partial charge in [-0.25, -0.2) is 0 Å². The highest BCUT2D eigenvalue weighted by Gasteiger charge is 2.30. The van der Waals surface area contributed by atoms with Crippen LogP contribution < -0.4 is 5.73 Å². The van der Waals surface area contributed by atoms with Crippen molar-refractivity contribution in [2.75, 3.05) is 13.1 Å². The van der Waals surface area contributed by atoms with Crippen LogP contribution in [0.3, 0.4) is 0 Å². The predicted octanol–water partition coefficient (Wildman–Crippen LogP) is 1.22. The van der Waals surface area contributed by atoms with Crippen molar-refractivity contribution in [2.45, 2.75) is 25.4 Å². The van der Waals surface area contributed by atoms with Crippen LogP contribution in [0.5, 0.6) is 0 Å². The Morgan fingerprint density at radius 2 is 2.09 bits per heavy atom. The minimum atomic E-state index is -0.276. The summed E-state index contributed by atoms with van der Waals surface area (Å²) >= 11 is 0. The van der Waals surface area contributed by atoms with Gasteiger partial charge in [0.1, 0.15) is 0 Å². The summed E-state index contributed by atoms with van der Waals surface area (Å²) in [5.41, 5.74) is 6.69. The van der Waals surface area contributed by atoms with E-state index in [9.17, 15) is 4.79 Å². The fourth-order valence-electron chi connectivity index (χ4n) is 3.30. The Morgan fingerprint density at radius 3 is 2.77 bits per heavy atom. The minimum Gasteiger partial charge on any atom is -0.369 e. The number of nitrogens with zero attached hydrogens (tertiary/aromatic N) is 4. The fraction of sp³-hybridized carbons (Fsp3) is 0.438. The van der Waals surface area contributed by atoms with Gasteiger partial charge in [-0.3, -0.25) is 14.4 Å². The Labute approximate surface area is 129 Å². The van der Waals surface area contributed by atoms with E-state index < -0.39 is 0 Å². The van der Waals surface area contributed by atoms with E-state index in [1.807, 2.05) is 29.1 Å². The van der Waals surface area contributed by atoms with E-state index in [0.717, 1.165) is 25.9 Å². The summed E-state index contributed by atoms with van der Waals surface area (Å²) in [6, 6.07) is 10.6. The highest BCUT2D eigenvalue weighted by atomic mass is 16.1. The van der Waals surface area contributed by atoms with Crippen LogP contribution in [0.2, 0.25) is 0 Å². The number of aromatic nitrogens is 3. The Hall–Kier alpha value is -2.21. The minimum absolute atomic E-state index is 0.265. The highest BCUT2D eigenvalue weighted by molar-refractivity contribution is 5.76. The van der Waals surface area contributed by atoms with Crippen LogP contribution in [0.4, 0.5) is 0 Å². The second kappa shape index (κ2) is 6.70.